The van der Waals surface area contributed by atoms with Crippen molar-refractivity contribution in [3.8, 4) is 33.8 Å². The van der Waals surface area contributed by atoms with Crippen molar-refractivity contribution in [2.24, 2.45) is 0 Å². The molecule has 7 aromatic rings. The molecule has 2 unspecified atom stereocenters. The first-order valence-electron chi connectivity index (χ1n) is 16.5. The van der Waals surface area contributed by atoms with Crippen molar-refractivity contribution in [2.45, 2.75) is 45.1 Å². The molecule has 4 nitrogen and oxygen atoms in total. The maximum Gasteiger partial charge on any atom is 0.227 e. The lowest BCUT2D eigenvalue weighted by Crippen LogP contribution is -2.48. The molecule has 0 saturated carbocycles. The Kier molecular flexibility index (Phi) is 6.45. The maximum absolute atomic E-state index is 15.2. The molecule has 0 N–H and O–H groups in total. The number of pyridine rings is 3. The van der Waals surface area contributed by atoms with E-state index in [1.165, 1.54) is 29.1 Å². The fourth-order valence-corrected chi connectivity index (χ4v) is 8.24. The molecule has 2 atom stereocenters. The molecule has 0 radical (unpaired) electrons. The van der Waals surface area contributed by atoms with Gasteiger partial charge in [0.05, 0.1) is 23.2 Å². The Morgan fingerprint density at radius 2 is 1.60 bits per heavy atom. The average Bonchev–Trinajstić information content (AvgIpc) is 3.46. The summed E-state index contributed by atoms with van der Waals surface area (Å²) in [5.74, 6) is -1.74. The minimum absolute atomic E-state index is 0.0890. The molecule has 0 saturated heterocycles. The minimum atomic E-state index is -0.921. The topological polar surface area (TPSA) is 33.8 Å². The van der Waals surface area contributed by atoms with E-state index in [4.69, 9.17) is 9.40 Å². The summed E-state index contributed by atoms with van der Waals surface area (Å²) in [5, 5.41) is 1.76. The van der Waals surface area contributed by atoms with Crippen molar-refractivity contribution in [1.82, 2.24) is 4.98 Å². The van der Waals surface area contributed by atoms with E-state index in [1.807, 2.05) is 12.1 Å². The molecule has 0 amide bonds. The summed E-state index contributed by atoms with van der Waals surface area (Å²) in [6.45, 7) is 8.67. The zero-order valence-electron chi connectivity index (χ0n) is 26.8. The zero-order chi connectivity index (χ0) is 32.7. The van der Waals surface area contributed by atoms with Crippen LogP contribution in [0.15, 0.2) is 114 Å². The standard InChI is InChI=1S/C42H33F2N3O/c1-24-9-8-10-25(2)39(24)35-18-17-31-30-16-14-27-15-19-37-32(28-11-4-5-12-29(28)36-13-6-7-20-46(36)37)21-26(3)47-23-34(44)33(43)22-38(47)40(27)41(30)48-42(31)45-35/h4-14,16-18,20,22-23,32,37H,3,15,19,21H2,1-2H3/q+2. The van der Waals surface area contributed by atoms with Gasteiger partial charge in [0.2, 0.25) is 29.1 Å². The molecule has 3 aromatic carbocycles. The van der Waals surface area contributed by atoms with E-state index in [0.717, 1.165) is 50.7 Å². The normalized spacial score (nSPS) is 17.0. The number of fused-ring (bicyclic) bond motifs is 13. The number of halogens is 2. The van der Waals surface area contributed by atoms with Gasteiger partial charge in [-0.05, 0) is 73.4 Å². The number of furan rings is 1. The molecule has 2 aliphatic heterocycles. The van der Waals surface area contributed by atoms with Crippen molar-refractivity contribution in [3.63, 3.8) is 0 Å². The minimum Gasteiger partial charge on any atom is -0.437 e. The molecular formula is C42H33F2N3O+2. The molecule has 0 fully saturated rings. The van der Waals surface area contributed by atoms with E-state index in [9.17, 15) is 0 Å². The molecule has 9 rings (SSSR count). The first-order chi connectivity index (χ1) is 23.4. The summed E-state index contributed by atoms with van der Waals surface area (Å²) < 4.78 is 41.1. The van der Waals surface area contributed by atoms with Crippen molar-refractivity contribution in [3.05, 3.63) is 144 Å². The first kappa shape index (κ1) is 28.7. The number of hydrogen-bond acceptors (Lipinski definition) is 2. The monoisotopic (exact) mass is 633 g/mol. The van der Waals surface area contributed by atoms with Gasteiger partial charge in [-0.25, -0.2) is 9.37 Å². The molecule has 48 heavy (non-hydrogen) atoms. The SMILES string of the molecule is C=C1CC2c3ccccc3-c3cccc[n+]3C2CCc2ccc3c(oc4nc(-c5c(C)cccc5C)ccc43)c2-c2cc(F)c(F)c[n+]21. The van der Waals surface area contributed by atoms with Crippen LogP contribution in [0.4, 0.5) is 8.78 Å². The van der Waals surface area contributed by atoms with Gasteiger partial charge in [-0.2, -0.15) is 13.5 Å². The van der Waals surface area contributed by atoms with E-state index >= 15 is 8.78 Å². The molecular weight excluding hydrogens is 600 g/mol. The van der Waals surface area contributed by atoms with Crippen LogP contribution >= 0.6 is 0 Å². The van der Waals surface area contributed by atoms with Gasteiger partial charge < -0.3 is 4.42 Å². The number of rotatable bonds is 1. The Labute approximate surface area is 277 Å². The molecule has 234 valence electrons. The summed E-state index contributed by atoms with van der Waals surface area (Å²) >= 11 is 0. The highest BCUT2D eigenvalue weighted by molar-refractivity contribution is 6.09. The number of aromatic nitrogens is 3. The van der Waals surface area contributed by atoms with Crippen molar-refractivity contribution < 1.29 is 22.3 Å². The third-order valence-electron chi connectivity index (χ3n) is 10.4. The van der Waals surface area contributed by atoms with Crippen LogP contribution in [-0.2, 0) is 6.42 Å². The molecule has 0 spiro atoms. The van der Waals surface area contributed by atoms with Crippen molar-refractivity contribution >= 4 is 27.8 Å². The second-order valence-electron chi connectivity index (χ2n) is 13.2. The number of allylic oxidation sites excluding steroid dienone is 1. The van der Waals surface area contributed by atoms with Crippen LogP contribution in [0.25, 0.3) is 61.5 Å². The third kappa shape index (κ3) is 4.28. The van der Waals surface area contributed by atoms with E-state index in [2.05, 4.69) is 104 Å². The van der Waals surface area contributed by atoms with Gasteiger partial charge in [0, 0.05) is 46.9 Å². The zero-order valence-corrected chi connectivity index (χ0v) is 26.8. The van der Waals surface area contributed by atoms with Crippen LogP contribution in [0.1, 0.15) is 47.1 Å². The summed E-state index contributed by atoms with van der Waals surface area (Å²) in [5.41, 5.74) is 11.9. The van der Waals surface area contributed by atoms with Gasteiger partial charge in [-0.3, -0.25) is 0 Å². The second kappa shape index (κ2) is 10.8. The Bertz CT molecular complexity index is 2460. The van der Waals surface area contributed by atoms with Crippen LogP contribution in [0.2, 0.25) is 0 Å². The summed E-state index contributed by atoms with van der Waals surface area (Å²) in [6.07, 6.45) is 5.52. The molecule has 0 aliphatic carbocycles. The van der Waals surface area contributed by atoms with Crippen LogP contribution < -0.4 is 9.13 Å². The maximum atomic E-state index is 15.2. The lowest BCUT2D eigenvalue weighted by atomic mass is 9.77. The highest BCUT2D eigenvalue weighted by atomic mass is 19.2. The Morgan fingerprint density at radius 3 is 2.46 bits per heavy atom. The van der Waals surface area contributed by atoms with E-state index in [1.54, 1.807) is 4.57 Å². The fraction of sp³-hybridized carbons (Fsp3) is 0.167. The Morgan fingerprint density at radius 1 is 0.812 bits per heavy atom. The second-order valence-corrected chi connectivity index (χ2v) is 13.2. The lowest BCUT2D eigenvalue weighted by Gasteiger charge is -2.31. The van der Waals surface area contributed by atoms with Gasteiger partial charge in [-0.1, -0.05) is 48.5 Å². The summed E-state index contributed by atoms with van der Waals surface area (Å²) in [4.78, 5) is 5.00. The Hall–Kier alpha value is -5.49. The van der Waals surface area contributed by atoms with Gasteiger partial charge in [-0.15, -0.1) is 0 Å². The van der Waals surface area contributed by atoms with Crippen LogP contribution in [0.3, 0.4) is 0 Å². The molecule has 0 bridgehead atoms. The van der Waals surface area contributed by atoms with Crippen LogP contribution in [0.5, 0.6) is 0 Å². The smallest absolute Gasteiger partial charge is 0.227 e. The lowest BCUT2D eigenvalue weighted by molar-refractivity contribution is -0.719. The Balaban J connectivity index is 1.28. The predicted octanol–water partition coefficient (Wildman–Crippen LogP) is 9.60. The van der Waals surface area contributed by atoms with E-state index in [0.29, 0.717) is 35.5 Å². The largest absolute Gasteiger partial charge is 0.437 e. The first-order valence-corrected chi connectivity index (χ1v) is 16.5. The average molecular weight is 634 g/mol. The third-order valence-corrected chi connectivity index (χ3v) is 10.4. The molecule has 6 heterocycles. The number of nitrogens with zero attached hydrogens (tertiary/aromatic N) is 3. The number of hydrogen-bond donors (Lipinski definition) is 0. The van der Waals surface area contributed by atoms with Gasteiger partial charge >= 0.3 is 0 Å². The highest BCUT2D eigenvalue weighted by Gasteiger charge is 2.42. The van der Waals surface area contributed by atoms with Crippen molar-refractivity contribution in [2.75, 3.05) is 0 Å². The number of aryl methyl sites for hydroxylation is 3. The van der Waals surface area contributed by atoms with E-state index < -0.39 is 11.6 Å². The number of benzene rings is 3. The quantitative estimate of drug-likeness (QED) is 0.169. The van der Waals surface area contributed by atoms with Gasteiger partial charge in [0.1, 0.15) is 0 Å². The van der Waals surface area contributed by atoms with Crippen molar-refractivity contribution in [1.29, 1.82) is 0 Å². The van der Waals surface area contributed by atoms with E-state index in [-0.39, 0.29) is 12.0 Å². The molecule has 4 aromatic heterocycles. The van der Waals surface area contributed by atoms with Gasteiger partial charge in [0.25, 0.3) is 0 Å². The van der Waals surface area contributed by atoms with Crippen LogP contribution in [0, 0.1) is 25.5 Å². The molecule has 2 aliphatic rings. The van der Waals surface area contributed by atoms with Crippen LogP contribution in [-0.4, -0.2) is 4.98 Å². The fourth-order valence-electron chi connectivity index (χ4n) is 8.24. The summed E-state index contributed by atoms with van der Waals surface area (Å²) in [6, 6.07) is 30.8. The summed E-state index contributed by atoms with van der Waals surface area (Å²) in [7, 11) is 0. The highest BCUT2D eigenvalue weighted by Crippen LogP contribution is 2.45. The predicted molar refractivity (Wildman–Crippen MR) is 184 cm³/mol. The van der Waals surface area contributed by atoms with Gasteiger partial charge in [0.15, 0.2) is 29.3 Å². The molecule has 6 heteroatoms.